The lowest BCUT2D eigenvalue weighted by atomic mass is 10.3. The highest BCUT2D eigenvalue weighted by Gasteiger charge is 2.27. The van der Waals surface area contributed by atoms with Crippen molar-refractivity contribution in [2.45, 2.75) is 26.1 Å². The molecule has 1 aromatic heterocycles. The van der Waals surface area contributed by atoms with Gasteiger partial charge in [-0.2, -0.15) is 13.2 Å². The standard InChI is InChI=1S/C8H13F3N4O/c1-2-6-7(12)13-14-15(6)3-4-16-5-8(9,10)11/h2-5,12H2,1H3. The lowest BCUT2D eigenvalue weighted by Gasteiger charge is -2.08. The van der Waals surface area contributed by atoms with Gasteiger partial charge in [-0.3, -0.25) is 0 Å². The van der Waals surface area contributed by atoms with E-state index < -0.39 is 12.8 Å². The number of nitrogens with zero attached hydrogens (tertiary/aromatic N) is 3. The molecule has 0 aliphatic heterocycles. The Labute approximate surface area is 90.4 Å². The van der Waals surface area contributed by atoms with Gasteiger partial charge in [-0.05, 0) is 6.42 Å². The van der Waals surface area contributed by atoms with E-state index in [0.717, 1.165) is 0 Å². The van der Waals surface area contributed by atoms with Crippen molar-refractivity contribution in [2.24, 2.45) is 0 Å². The van der Waals surface area contributed by atoms with Crippen molar-refractivity contribution in [3.63, 3.8) is 0 Å². The summed E-state index contributed by atoms with van der Waals surface area (Å²) >= 11 is 0. The predicted octanol–water partition coefficient (Wildman–Crippen LogP) is 1.00. The minimum atomic E-state index is -4.30. The molecule has 0 aliphatic carbocycles. The lowest BCUT2D eigenvalue weighted by Crippen LogP contribution is -2.19. The molecule has 0 spiro atoms. The van der Waals surface area contributed by atoms with E-state index in [4.69, 9.17) is 5.73 Å². The minimum absolute atomic E-state index is 0.0741. The van der Waals surface area contributed by atoms with Crippen molar-refractivity contribution >= 4 is 5.82 Å². The average Bonchev–Trinajstić information content (AvgIpc) is 2.52. The van der Waals surface area contributed by atoms with Crippen molar-refractivity contribution in [1.29, 1.82) is 0 Å². The number of ether oxygens (including phenoxy) is 1. The van der Waals surface area contributed by atoms with Gasteiger partial charge in [0.05, 0.1) is 18.8 Å². The highest BCUT2D eigenvalue weighted by atomic mass is 19.4. The van der Waals surface area contributed by atoms with Gasteiger partial charge in [0, 0.05) is 0 Å². The fourth-order valence-electron chi connectivity index (χ4n) is 1.23. The Morgan fingerprint density at radius 1 is 1.44 bits per heavy atom. The molecule has 0 unspecified atom stereocenters. The van der Waals surface area contributed by atoms with Crippen LogP contribution in [0.5, 0.6) is 0 Å². The molecule has 1 rings (SSSR count). The second-order valence-electron chi connectivity index (χ2n) is 3.17. The van der Waals surface area contributed by atoms with E-state index in [2.05, 4.69) is 15.0 Å². The van der Waals surface area contributed by atoms with Crippen LogP contribution in [0, 0.1) is 0 Å². The van der Waals surface area contributed by atoms with Gasteiger partial charge >= 0.3 is 6.18 Å². The predicted molar refractivity (Wildman–Crippen MR) is 50.7 cm³/mol. The first-order valence-corrected chi connectivity index (χ1v) is 4.76. The second-order valence-corrected chi connectivity index (χ2v) is 3.17. The number of anilines is 1. The smallest absolute Gasteiger partial charge is 0.381 e. The molecule has 5 nitrogen and oxygen atoms in total. The van der Waals surface area contributed by atoms with Gasteiger partial charge in [0.25, 0.3) is 0 Å². The summed E-state index contributed by atoms with van der Waals surface area (Å²) < 4.78 is 41.2. The number of aromatic nitrogens is 3. The van der Waals surface area contributed by atoms with Crippen molar-refractivity contribution in [3.8, 4) is 0 Å². The first kappa shape index (κ1) is 12.8. The number of hydrogen-bond donors (Lipinski definition) is 1. The van der Waals surface area contributed by atoms with E-state index in [0.29, 0.717) is 17.9 Å². The van der Waals surface area contributed by atoms with Crippen molar-refractivity contribution in [1.82, 2.24) is 15.0 Å². The number of rotatable bonds is 5. The third-order valence-corrected chi connectivity index (χ3v) is 1.92. The van der Waals surface area contributed by atoms with E-state index in [1.807, 2.05) is 6.92 Å². The van der Waals surface area contributed by atoms with Crippen LogP contribution in [0.3, 0.4) is 0 Å². The maximum Gasteiger partial charge on any atom is 0.411 e. The largest absolute Gasteiger partial charge is 0.411 e. The Morgan fingerprint density at radius 3 is 2.69 bits per heavy atom. The first-order chi connectivity index (χ1) is 7.44. The quantitative estimate of drug-likeness (QED) is 0.777. The van der Waals surface area contributed by atoms with E-state index in [1.54, 1.807) is 0 Å². The molecule has 16 heavy (non-hydrogen) atoms. The van der Waals surface area contributed by atoms with Crippen LogP contribution in [0.15, 0.2) is 0 Å². The maximum atomic E-state index is 11.8. The Hall–Kier alpha value is -1.31. The molecule has 92 valence electrons. The van der Waals surface area contributed by atoms with E-state index in [1.165, 1.54) is 4.68 Å². The van der Waals surface area contributed by atoms with Gasteiger partial charge in [0.2, 0.25) is 0 Å². The zero-order valence-corrected chi connectivity index (χ0v) is 8.79. The minimum Gasteiger partial charge on any atom is -0.381 e. The molecule has 1 aromatic rings. The summed E-state index contributed by atoms with van der Waals surface area (Å²) in [7, 11) is 0. The molecule has 0 amide bonds. The molecule has 0 atom stereocenters. The molecule has 0 bridgehead atoms. The summed E-state index contributed by atoms with van der Waals surface area (Å²) in [5.41, 5.74) is 6.21. The Kier molecular flexibility index (Phi) is 4.11. The SMILES string of the molecule is CCc1c(N)nnn1CCOCC(F)(F)F. The zero-order valence-electron chi connectivity index (χ0n) is 8.79. The fourth-order valence-corrected chi connectivity index (χ4v) is 1.23. The molecule has 0 aliphatic rings. The summed E-state index contributed by atoms with van der Waals surface area (Å²) in [6.45, 7) is 0.750. The molecule has 0 fully saturated rings. The molecule has 2 N–H and O–H groups in total. The van der Waals surface area contributed by atoms with Gasteiger partial charge in [-0.15, -0.1) is 5.10 Å². The van der Waals surface area contributed by atoms with Crippen LogP contribution >= 0.6 is 0 Å². The normalized spacial score (nSPS) is 12.0. The van der Waals surface area contributed by atoms with E-state index in [9.17, 15) is 13.2 Å². The number of halogens is 3. The second kappa shape index (κ2) is 5.15. The summed E-state index contributed by atoms with van der Waals surface area (Å²) in [6.07, 6.45) is -3.67. The third kappa shape index (κ3) is 3.69. The van der Waals surface area contributed by atoms with Gasteiger partial charge in [-0.1, -0.05) is 12.1 Å². The van der Waals surface area contributed by atoms with Gasteiger partial charge < -0.3 is 10.5 Å². The number of alkyl halides is 3. The van der Waals surface area contributed by atoms with Crippen molar-refractivity contribution < 1.29 is 17.9 Å². The Bertz CT molecular complexity index is 337. The highest BCUT2D eigenvalue weighted by molar-refractivity contribution is 5.32. The molecule has 0 saturated heterocycles. The van der Waals surface area contributed by atoms with Gasteiger partial charge in [-0.25, -0.2) is 4.68 Å². The molecular formula is C8H13F3N4O. The topological polar surface area (TPSA) is 66.0 Å². The summed E-state index contributed by atoms with van der Waals surface area (Å²) in [4.78, 5) is 0. The third-order valence-electron chi connectivity index (χ3n) is 1.92. The molecular weight excluding hydrogens is 225 g/mol. The van der Waals surface area contributed by atoms with Crippen molar-refractivity contribution in [3.05, 3.63) is 5.69 Å². The molecule has 1 heterocycles. The fraction of sp³-hybridized carbons (Fsp3) is 0.750. The van der Waals surface area contributed by atoms with Crippen LogP contribution in [0.4, 0.5) is 19.0 Å². The van der Waals surface area contributed by atoms with Crippen LogP contribution in [-0.4, -0.2) is 34.4 Å². The number of nitrogens with two attached hydrogens (primary N) is 1. The summed E-state index contributed by atoms with van der Waals surface area (Å²) in [5, 5.41) is 7.33. The summed E-state index contributed by atoms with van der Waals surface area (Å²) in [6, 6.07) is 0. The van der Waals surface area contributed by atoms with Gasteiger partial charge in [0.15, 0.2) is 5.82 Å². The molecule has 8 heteroatoms. The van der Waals surface area contributed by atoms with Crippen molar-refractivity contribution in [2.75, 3.05) is 18.9 Å². The van der Waals surface area contributed by atoms with Crippen LogP contribution in [0.25, 0.3) is 0 Å². The lowest BCUT2D eigenvalue weighted by molar-refractivity contribution is -0.174. The Balaban J connectivity index is 2.37. The van der Waals surface area contributed by atoms with Crippen LogP contribution < -0.4 is 5.73 Å². The zero-order chi connectivity index (χ0) is 12.2. The average molecular weight is 238 g/mol. The van der Waals surface area contributed by atoms with E-state index >= 15 is 0 Å². The van der Waals surface area contributed by atoms with Crippen LogP contribution in [0.1, 0.15) is 12.6 Å². The monoisotopic (exact) mass is 238 g/mol. The number of nitrogen functional groups attached to an aromatic ring is 1. The van der Waals surface area contributed by atoms with Crippen LogP contribution in [0.2, 0.25) is 0 Å². The van der Waals surface area contributed by atoms with Gasteiger partial charge in [0.1, 0.15) is 6.61 Å². The molecule has 0 aromatic carbocycles. The first-order valence-electron chi connectivity index (χ1n) is 4.76. The maximum absolute atomic E-state index is 11.8. The summed E-state index contributed by atoms with van der Waals surface area (Å²) in [5.74, 6) is 0.304. The molecule has 0 saturated carbocycles. The Morgan fingerprint density at radius 2 is 2.12 bits per heavy atom. The van der Waals surface area contributed by atoms with Crippen LogP contribution in [-0.2, 0) is 17.7 Å². The molecule has 0 radical (unpaired) electrons. The van der Waals surface area contributed by atoms with E-state index in [-0.39, 0.29) is 13.2 Å². The number of hydrogen-bond acceptors (Lipinski definition) is 4. The highest BCUT2D eigenvalue weighted by Crippen LogP contribution is 2.14.